The molecule has 3 aromatic rings. The molecule has 1 saturated heterocycles. The SMILES string of the molecule is CC(=O)N1CCC(C(=O)O)CC1C1c2ccccc2C(=O)N1c1ccc2ccc(Cl)nc2n1. The Morgan fingerprint density at radius 1 is 1.09 bits per heavy atom. The molecule has 9 heteroatoms. The van der Waals surface area contributed by atoms with Gasteiger partial charge in [0.25, 0.3) is 5.91 Å². The van der Waals surface area contributed by atoms with Crippen LogP contribution >= 0.6 is 11.6 Å². The van der Waals surface area contributed by atoms with E-state index in [2.05, 4.69) is 9.97 Å². The number of halogens is 1. The highest BCUT2D eigenvalue weighted by Gasteiger charge is 2.48. The van der Waals surface area contributed by atoms with Gasteiger partial charge in [0.1, 0.15) is 11.0 Å². The number of fused-ring (bicyclic) bond motifs is 2. The van der Waals surface area contributed by atoms with Gasteiger partial charge < -0.3 is 10.0 Å². The van der Waals surface area contributed by atoms with E-state index in [0.717, 1.165) is 10.9 Å². The van der Waals surface area contributed by atoms with Crippen LogP contribution in [-0.2, 0) is 9.59 Å². The summed E-state index contributed by atoms with van der Waals surface area (Å²) in [6.45, 7) is 1.79. The second kappa shape index (κ2) is 8.12. The molecule has 0 radical (unpaired) electrons. The maximum atomic E-state index is 13.6. The van der Waals surface area contributed by atoms with Gasteiger partial charge in [-0.05, 0) is 48.7 Å². The molecule has 2 amide bonds. The number of anilines is 1. The molecule has 1 fully saturated rings. The third kappa shape index (κ3) is 3.60. The summed E-state index contributed by atoms with van der Waals surface area (Å²) in [7, 11) is 0. The van der Waals surface area contributed by atoms with Gasteiger partial charge >= 0.3 is 5.97 Å². The van der Waals surface area contributed by atoms with Crippen LogP contribution in [0.2, 0.25) is 5.15 Å². The largest absolute Gasteiger partial charge is 0.481 e. The van der Waals surface area contributed by atoms with Crippen molar-refractivity contribution in [1.82, 2.24) is 14.9 Å². The smallest absolute Gasteiger partial charge is 0.306 e. The summed E-state index contributed by atoms with van der Waals surface area (Å²) < 4.78 is 0. The Morgan fingerprint density at radius 3 is 2.61 bits per heavy atom. The van der Waals surface area contributed by atoms with Gasteiger partial charge in [-0.1, -0.05) is 29.8 Å². The van der Waals surface area contributed by atoms with Crippen LogP contribution in [0.1, 0.15) is 41.7 Å². The Hall–Kier alpha value is -3.52. The maximum Gasteiger partial charge on any atom is 0.306 e. The summed E-state index contributed by atoms with van der Waals surface area (Å²) in [5.41, 5.74) is 1.67. The van der Waals surface area contributed by atoms with Gasteiger partial charge in [-0.3, -0.25) is 19.3 Å². The summed E-state index contributed by atoms with van der Waals surface area (Å²) in [5.74, 6) is -1.51. The average molecular weight is 465 g/mol. The third-order valence-corrected chi connectivity index (χ3v) is 6.73. The van der Waals surface area contributed by atoms with Crippen molar-refractivity contribution < 1.29 is 19.5 Å². The minimum atomic E-state index is -0.893. The van der Waals surface area contributed by atoms with Crippen LogP contribution in [0.25, 0.3) is 11.0 Å². The average Bonchev–Trinajstić information content (AvgIpc) is 3.10. The number of hydrogen-bond acceptors (Lipinski definition) is 5. The summed E-state index contributed by atoms with van der Waals surface area (Å²) in [5, 5.41) is 10.7. The zero-order valence-electron chi connectivity index (χ0n) is 17.8. The fraction of sp³-hybridized carbons (Fsp3) is 0.292. The van der Waals surface area contributed by atoms with Gasteiger partial charge in [0.05, 0.1) is 18.0 Å². The van der Waals surface area contributed by atoms with Crippen LogP contribution in [0, 0.1) is 5.92 Å². The molecule has 0 bridgehead atoms. The molecule has 3 unspecified atom stereocenters. The van der Waals surface area contributed by atoms with Gasteiger partial charge in [-0.15, -0.1) is 0 Å². The number of rotatable bonds is 3. The van der Waals surface area contributed by atoms with Crippen LogP contribution in [0.15, 0.2) is 48.5 Å². The predicted molar refractivity (Wildman–Crippen MR) is 122 cm³/mol. The van der Waals surface area contributed by atoms with Crippen LogP contribution < -0.4 is 4.90 Å². The molecule has 3 atom stereocenters. The molecular formula is C24H21ClN4O4. The lowest BCUT2D eigenvalue weighted by Gasteiger charge is -2.43. The number of hydrogen-bond donors (Lipinski definition) is 1. The van der Waals surface area contributed by atoms with E-state index in [1.165, 1.54) is 6.92 Å². The predicted octanol–water partition coefficient (Wildman–Crippen LogP) is 3.70. The molecule has 4 heterocycles. The van der Waals surface area contributed by atoms with Gasteiger partial charge in [0.2, 0.25) is 5.91 Å². The topological polar surface area (TPSA) is 104 Å². The number of carboxylic acids is 1. The van der Waals surface area contributed by atoms with E-state index in [-0.39, 0.29) is 18.2 Å². The van der Waals surface area contributed by atoms with Crippen molar-refractivity contribution in [2.45, 2.75) is 31.8 Å². The number of nitrogens with zero attached hydrogens (tertiary/aromatic N) is 4. The molecule has 1 N–H and O–H groups in total. The molecule has 0 spiro atoms. The van der Waals surface area contributed by atoms with E-state index in [4.69, 9.17) is 11.6 Å². The van der Waals surface area contributed by atoms with Crippen molar-refractivity contribution in [1.29, 1.82) is 0 Å². The molecule has 2 aliphatic heterocycles. The first-order valence-corrected chi connectivity index (χ1v) is 11.1. The number of likely N-dealkylation sites (tertiary alicyclic amines) is 1. The first kappa shape index (κ1) is 21.3. The second-order valence-corrected chi connectivity index (χ2v) is 8.78. The molecule has 0 saturated carbocycles. The fourth-order valence-electron chi connectivity index (χ4n) is 4.98. The monoisotopic (exact) mass is 464 g/mol. The standard InChI is InChI=1S/C24H21ClN4O4/c1-13(30)28-11-10-15(24(32)33)12-18(28)21-16-4-2-3-5-17(16)23(31)29(21)20-9-7-14-6-8-19(25)26-22(14)27-20/h2-9,15,18,21H,10-12H2,1H3,(H,32,33). The number of benzene rings is 1. The number of aliphatic carboxylic acids is 1. The highest BCUT2D eigenvalue weighted by atomic mass is 35.5. The minimum Gasteiger partial charge on any atom is -0.481 e. The first-order valence-electron chi connectivity index (χ1n) is 10.7. The zero-order chi connectivity index (χ0) is 23.3. The molecular weight excluding hydrogens is 444 g/mol. The van der Waals surface area contributed by atoms with E-state index < -0.39 is 24.0 Å². The Balaban J connectivity index is 1.66. The first-order chi connectivity index (χ1) is 15.8. The Labute approximate surface area is 194 Å². The number of pyridine rings is 2. The molecule has 8 nitrogen and oxygen atoms in total. The van der Waals surface area contributed by atoms with Crippen LogP contribution in [0.3, 0.4) is 0 Å². The van der Waals surface area contributed by atoms with Crippen LogP contribution in [0.4, 0.5) is 5.82 Å². The van der Waals surface area contributed by atoms with E-state index >= 15 is 0 Å². The van der Waals surface area contributed by atoms with Crippen molar-refractivity contribution >= 4 is 46.2 Å². The number of carboxylic acid groups (broad SMARTS) is 1. The Bertz CT molecular complexity index is 1300. The van der Waals surface area contributed by atoms with Crippen LogP contribution in [0.5, 0.6) is 0 Å². The van der Waals surface area contributed by atoms with Crippen molar-refractivity contribution in [3.8, 4) is 0 Å². The number of carbonyl (C=O) groups excluding carboxylic acids is 2. The quantitative estimate of drug-likeness (QED) is 0.593. The van der Waals surface area contributed by atoms with Crippen molar-refractivity contribution in [3.05, 3.63) is 64.8 Å². The molecule has 1 aromatic carbocycles. The highest BCUT2D eigenvalue weighted by molar-refractivity contribution is 6.29. The summed E-state index contributed by atoms with van der Waals surface area (Å²) in [6, 6.07) is 13.2. The maximum absolute atomic E-state index is 13.6. The Morgan fingerprint density at radius 2 is 1.85 bits per heavy atom. The lowest BCUT2D eigenvalue weighted by Crippen LogP contribution is -2.52. The van der Waals surface area contributed by atoms with E-state index in [0.29, 0.717) is 35.1 Å². The van der Waals surface area contributed by atoms with E-state index in [1.807, 2.05) is 18.2 Å². The van der Waals surface area contributed by atoms with Gasteiger partial charge in [0, 0.05) is 24.4 Å². The zero-order valence-corrected chi connectivity index (χ0v) is 18.6. The molecule has 168 valence electrons. The van der Waals surface area contributed by atoms with E-state index in [9.17, 15) is 19.5 Å². The molecule has 0 aliphatic carbocycles. The number of amides is 2. The molecule has 2 aliphatic rings. The van der Waals surface area contributed by atoms with Crippen LogP contribution in [-0.4, -0.2) is 50.3 Å². The number of aromatic nitrogens is 2. The lowest BCUT2D eigenvalue weighted by atomic mass is 9.84. The molecule has 5 rings (SSSR count). The summed E-state index contributed by atoms with van der Waals surface area (Å²) >= 11 is 6.05. The lowest BCUT2D eigenvalue weighted by molar-refractivity contribution is -0.147. The molecule has 2 aromatic heterocycles. The third-order valence-electron chi connectivity index (χ3n) is 6.52. The van der Waals surface area contributed by atoms with Crippen molar-refractivity contribution in [2.24, 2.45) is 5.92 Å². The van der Waals surface area contributed by atoms with Gasteiger partial charge in [0.15, 0.2) is 5.65 Å². The fourth-order valence-corrected chi connectivity index (χ4v) is 5.13. The van der Waals surface area contributed by atoms with Gasteiger partial charge in [-0.25, -0.2) is 9.97 Å². The number of carbonyl (C=O) groups is 3. The number of piperidine rings is 1. The normalized spacial score (nSPS) is 22.5. The van der Waals surface area contributed by atoms with Crippen molar-refractivity contribution in [3.63, 3.8) is 0 Å². The highest BCUT2D eigenvalue weighted by Crippen LogP contribution is 2.44. The Kier molecular flexibility index (Phi) is 5.25. The van der Waals surface area contributed by atoms with Crippen molar-refractivity contribution in [2.75, 3.05) is 11.4 Å². The second-order valence-electron chi connectivity index (χ2n) is 8.40. The van der Waals surface area contributed by atoms with Gasteiger partial charge in [-0.2, -0.15) is 0 Å². The molecule has 33 heavy (non-hydrogen) atoms. The van der Waals surface area contributed by atoms with E-state index in [1.54, 1.807) is 40.1 Å². The summed E-state index contributed by atoms with van der Waals surface area (Å²) in [6.07, 6.45) is 0.625. The summed E-state index contributed by atoms with van der Waals surface area (Å²) in [4.78, 5) is 50.0. The minimum absolute atomic E-state index is 0.152.